The van der Waals surface area contributed by atoms with Crippen molar-refractivity contribution in [3.63, 3.8) is 0 Å². The minimum Gasteiger partial charge on any atom is -0.462 e. The van der Waals surface area contributed by atoms with Gasteiger partial charge in [-0.3, -0.25) is 9.59 Å². The van der Waals surface area contributed by atoms with Crippen LogP contribution in [0.25, 0.3) is 0 Å². The third-order valence-corrected chi connectivity index (χ3v) is 6.22. The minimum absolute atomic E-state index is 0.149. The second-order valence-electron chi connectivity index (χ2n) is 7.72. The Morgan fingerprint density at radius 1 is 1.23 bits per heavy atom. The molecular formula is C19H29NO5S. The van der Waals surface area contributed by atoms with E-state index in [1.54, 1.807) is 0 Å². The van der Waals surface area contributed by atoms with E-state index < -0.39 is 11.8 Å². The molecule has 0 saturated carbocycles. The summed E-state index contributed by atoms with van der Waals surface area (Å²) in [7, 11) is 0. The van der Waals surface area contributed by atoms with Crippen LogP contribution in [0.15, 0.2) is 12.2 Å². The number of carbonyl (C=O) groups excluding carboxylic acids is 2. The van der Waals surface area contributed by atoms with E-state index in [4.69, 9.17) is 9.47 Å². The number of hydrogen-bond acceptors (Lipinski definition) is 6. The van der Waals surface area contributed by atoms with Gasteiger partial charge < -0.3 is 19.9 Å². The highest BCUT2D eigenvalue weighted by molar-refractivity contribution is 8.14. The Balaban J connectivity index is 1.72. The Kier molecular flexibility index (Phi) is 6.64. The quantitative estimate of drug-likeness (QED) is 0.534. The molecular weight excluding hydrogens is 354 g/mol. The van der Waals surface area contributed by atoms with Gasteiger partial charge in [-0.2, -0.15) is 0 Å². The molecule has 2 saturated heterocycles. The highest BCUT2D eigenvalue weighted by atomic mass is 32.2. The van der Waals surface area contributed by atoms with E-state index in [9.17, 15) is 14.7 Å². The Hall–Kier alpha value is -1.05. The fourth-order valence-electron chi connectivity index (χ4n) is 3.91. The van der Waals surface area contributed by atoms with Gasteiger partial charge in [0, 0.05) is 25.0 Å². The van der Waals surface area contributed by atoms with E-state index in [0.29, 0.717) is 18.6 Å². The molecule has 0 aromatic rings. The monoisotopic (exact) mass is 383 g/mol. The van der Waals surface area contributed by atoms with Crippen molar-refractivity contribution in [3.05, 3.63) is 12.2 Å². The lowest BCUT2D eigenvalue weighted by Crippen LogP contribution is -2.58. The molecule has 2 N–H and O–H groups in total. The van der Waals surface area contributed by atoms with Gasteiger partial charge in [0.1, 0.15) is 6.10 Å². The number of rotatable bonds is 1. The topological polar surface area (TPSA) is 84.9 Å². The van der Waals surface area contributed by atoms with Crippen LogP contribution >= 0.6 is 11.8 Å². The van der Waals surface area contributed by atoms with Crippen LogP contribution in [0.4, 0.5) is 4.79 Å². The first-order valence-electron chi connectivity index (χ1n) is 9.62. The third-order valence-electron chi connectivity index (χ3n) is 5.34. The molecule has 0 aliphatic carbocycles. The maximum absolute atomic E-state index is 12.3. The molecule has 2 bridgehead atoms. The molecule has 5 atom stereocenters. The van der Waals surface area contributed by atoms with E-state index in [1.165, 1.54) is 0 Å². The number of nitrogens with one attached hydrogen (secondary N) is 1. The Labute approximate surface area is 159 Å². The van der Waals surface area contributed by atoms with E-state index >= 15 is 0 Å². The molecule has 26 heavy (non-hydrogen) atoms. The molecule has 3 aliphatic heterocycles. The second kappa shape index (κ2) is 8.76. The number of allylic oxidation sites excluding steroid dienone is 2. The van der Waals surface area contributed by atoms with Crippen molar-refractivity contribution in [2.24, 2.45) is 5.92 Å². The second-order valence-corrected chi connectivity index (χ2v) is 8.71. The molecule has 0 aromatic carbocycles. The highest BCUT2D eigenvalue weighted by Crippen LogP contribution is 2.36. The fraction of sp³-hybridized carbons (Fsp3) is 0.789. The maximum atomic E-state index is 12.3. The molecule has 7 heteroatoms. The summed E-state index contributed by atoms with van der Waals surface area (Å²) in [5, 5.41) is 13.7. The zero-order chi connectivity index (χ0) is 18.6. The zero-order valence-electron chi connectivity index (χ0n) is 15.3. The first-order chi connectivity index (χ1) is 12.4. The van der Waals surface area contributed by atoms with Crippen molar-refractivity contribution in [3.8, 4) is 0 Å². The van der Waals surface area contributed by atoms with Crippen LogP contribution in [0.2, 0.25) is 0 Å². The van der Waals surface area contributed by atoms with Gasteiger partial charge in [0.2, 0.25) is 0 Å². The van der Waals surface area contributed by atoms with Gasteiger partial charge in [-0.25, -0.2) is 0 Å². The van der Waals surface area contributed by atoms with Gasteiger partial charge in [0.15, 0.2) is 5.79 Å². The molecule has 0 radical (unpaired) electrons. The van der Waals surface area contributed by atoms with Crippen molar-refractivity contribution in [1.82, 2.24) is 5.32 Å². The number of esters is 1. The Morgan fingerprint density at radius 3 is 2.81 bits per heavy atom. The van der Waals surface area contributed by atoms with Gasteiger partial charge in [0.25, 0.3) is 5.24 Å². The third kappa shape index (κ3) is 5.24. The molecule has 0 spiro atoms. The van der Waals surface area contributed by atoms with Gasteiger partial charge in [-0.05, 0) is 38.0 Å². The van der Waals surface area contributed by atoms with Gasteiger partial charge in [0.05, 0.1) is 12.1 Å². The average Bonchev–Trinajstić information content (AvgIpc) is 3.00. The number of carbonyl (C=O) groups is 2. The van der Waals surface area contributed by atoms with Gasteiger partial charge in [-0.1, -0.05) is 30.8 Å². The molecule has 2 fully saturated rings. The number of hydrogen-bond donors (Lipinski definition) is 2. The fourth-order valence-corrected chi connectivity index (χ4v) is 4.79. The number of thioether (sulfide) groups is 1. The van der Waals surface area contributed by atoms with Crippen molar-refractivity contribution in [2.45, 2.75) is 82.3 Å². The van der Waals surface area contributed by atoms with Crippen LogP contribution in [-0.2, 0) is 14.3 Å². The van der Waals surface area contributed by atoms with Crippen LogP contribution in [0.3, 0.4) is 0 Å². The van der Waals surface area contributed by atoms with Gasteiger partial charge >= 0.3 is 5.97 Å². The Bertz CT molecular complexity index is 554. The van der Waals surface area contributed by atoms with Crippen LogP contribution in [-0.4, -0.2) is 46.1 Å². The first-order valence-corrected chi connectivity index (χ1v) is 10.6. The number of fused-ring (bicyclic) bond motifs is 2. The van der Waals surface area contributed by atoms with Crippen LogP contribution in [0.1, 0.15) is 58.3 Å². The van der Waals surface area contributed by atoms with E-state index in [1.807, 2.05) is 0 Å². The molecule has 3 heterocycles. The SMILES string of the molecule is CC1CC/C=C\CCC[C@@H]2CC(CC(O)(C3CSC(=O)N3)O2)OC(=O)C1. The summed E-state index contributed by atoms with van der Waals surface area (Å²) in [6.07, 6.45) is 9.70. The molecule has 3 rings (SSSR count). The number of aliphatic hydroxyl groups is 1. The maximum Gasteiger partial charge on any atom is 0.306 e. The smallest absolute Gasteiger partial charge is 0.306 e. The van der Waals surface area contributed by atoms with Crippen molar-refractivity contribution in [1.29, 1.82) is 0 Å². The Morgan fingerprint density at radius 2 is 2.04 bits per heavy atom. The predicted molar refractivity (Wildman–Crippen MR) is 99.7 cm³/mol. The van der Waals surface area contributed by atoms with E-state index in [2.05, 4.69) is 24.4 Å². The zero-order valence-corrected chi connectivity index (χ0v) is 16.1. The van der Waals surface area contributed by atoms with Crippen LogP contribution in [0.5, 0.6) is 0 Å². The van der Waals surface area contributed by atoms with Gasteiger partial charge in [-0.15, -0.1) is 0 Å². The van der Waals surface area contributed by atoms with Crippen molar-refractivity contribution < 1.29 is 24.2 Å². The van der Waals surface area contributed by atoms with E-state index in [-0.39, 0.29) is 35.8 Å². The lowest BCUT2D eigenvalue weighted by molar-refractivity contribution is -0.284. The normalized spacial score (nSPS) is 41.0. The average molecular weight is 384 g/mol. The molecule has 146 valence electrons. The lowest BCUT2D eigenvalue weighted by atomic mass is 9.91. The molecule has 6 nitrogen and oxygen atoms in total. The summed E-state index contributed by atoms with van der Waals surface area (Å²) in [6.45, 7) is 2.06. The molecule has 4 unspecified atom stereocenters. The van der Waals surface area contributed by atoms with Crippen molar-refractivity contribution in [2.75, 3.05) is 5.75 Å². The van der Waals surface area contributed by atoms with Crippen molar-refractivity contribution >= 4 is 23.0 Å². The largest absolute Gasteiger partial charge is 0.462 e. The summed E-state index contributed by atoms with van der Waals surface area (Å²) in [6, 6.07) is -0.471. The minimum atomic E-state index is -1.48. The summed E-state index contributed by atoms with van der Waals surface area (Å²) in [5.41, 5.74) is 0. The number of ether oxygens (including phenoxy) is 2. The molecule has 0 aromatic heterocycles. The standard InChI is InChI=1S/C19H29NO5S/c1-13-7-5-3-2-4-6-8-14-10-15(24-17(21)9-13)11-19(23,25-14)16-12-26-18(22)20-16/h2-3,13-16,23H,4-12H2,1H3,(H,20,22)/b3-2-/t13?,14-,15?,16?,19?/m1/s1. The first kappa shape index (κ1) is 19.7. The molecule has 3 aliphatic rings. The summed E-state index contributed by atoms with van der Waals surface area (Å²) in [5.74, 6) is -0.958. The molecule has 1 amide bonds. The van der Waals surface area contributed by atoms with E-state index in [0.717, 1.165) is 43.9 Å². The summed E-state index contributed by atoms with van der Waals surface area (Å²) < 4.78 is 11.7. The lowest BCUT2D eigenvalue weighted by Gasteiger charge is -2.43. The highest BCUT2D eigenvalue weighted by Gasteiger charge is 2.49. The van der Waals surface area contributed by atoms with Crippen LogP contribution < -0.4 is 5.32 Å². The number of amides is 1. The van der Waals surface area contributed by atoms with Crippen LogP contribution in [0, 0.1) is 5.92 Å². The summed E-state index contributed by atoms with van der Waals surface area (Å²) in [4.78, 5) is 23.9. The predicted octanol–water partition coefficient (Wildman–Crippen LogP) is 3.14. The summed E-state index contributed by atoms with van der Waals surface area (Å²) >= 11 is 1.15.